The average Bonchev–Trinajstić information content (AvgIpc) is 2.42. The van der Waals surface area contributed by atoms with Crippen molar-refractivity contribution in [2.45, 2.75) is 5.85 Å². The molecule has 3 heteroatoms. The Morgan fingerprint density at radius 2 is 2.17 bits per heavy atom. The molecule has 0 amide bonds. The second-order valence-corrected chi connectivity index (χ2v) is 2.77. The van der Waals surface area contributed by atoms with Gasteiger partial charge in [0.1, 0.15) is 0 Å². The van der Waals surface area contributed by atoms with E-state index in [-0.39, 0.29) is 0 Å². The third kappa shape index (κ3) is 1.03. The van der Waals surface area contributed by atoms with E-state index >= 15 is 0 Å². The number of nitrogens with two attached hydrogens (primary N) is 1. The zero-order chi connectivity index (χ0) is 8.60. The van der Waals surface area contributed by atoms with Gasteiger partial charge in [-0.3, -0.25) is 5.73 Å². The summed E-state index contributed by atoms with van der Waals surface area (Å²) in [6, 6.07) is 7.76. The first kappa shape index (κ1) is 7.46. The third-order valence-corrected chi connectivity index (χ3v) is 1.92. The Morgan fingerprint density at radius 3 is 2.83 bits per heavy atom. The molecule has 1 heterocycles. The highest BCUT2D eigenvalue weighted by molar-refractivity contribution is 5.36. The van der Waals surface area contributed by atoms with Crippen molar-refractivity contribution in [1.82, 2.24) is 0 Å². The fourth-order valence-corrected chi connectivity index (χ4v) is 1.26. The number of nitrogens with zero attached hydrogens (tertiary/aromatic N) is 1. The molecular formula is C9H10N2O. The molecule has 1 unspecified atom stereocenters. The van der Waals surface area contributed by atoms with E-state index in [0.717, 1.165) is 10.6 Å². The van der Waals surface area contributed by atoms with Crippen LogP contribution in [0.5, 0.6) is 0 Å². The van der Waals surface area contributed by atoms with Crippen LogP contribution in [-0.2, 0) is 4.74 Å². The second-order valence-electron chi connectivity index (χ2n) is 2.77. The van der Waals surface area contributed by atoms with Gasteiger partial charge in [-0.05, 0) is 12.1 Å². The summed E-state index contributed by atoms with van der Waals surface area (Å²) in [5.74, 6) is -0.955. The number of methoxy groups -OCH3 is 1. The number of rotatable bonds is 1. The van der Waals surface area contributed by atoms with Gasteiger partial charge in [0.15, 0.2) is 0 Å². The van der Waals surface area contributed by atoms with Crippen LogP contribution >= 0.6 is 0 Å². The van der Waals surface area contributed by atoms with Crippen LogP contribution in [0.4, 0.5) is 0 Å². The molecule has 0 saturated carbocycles. The summed E-state index contributed by atoms with van der Waals surface area (Å²) in [5, 5.41) is 1.92. The highest BCUT2D eigenvalue weighted by atomic mass is 16.5. The molecule has 1 aromatic rings. The summed E-state index contributed by atoms with van der Waals surface area (Å²) in [6.45, 7) is 0. The Labute approximate surface area is 70.2 Å². The number of fused-ring (bicyclic) bond motifs is 1. The van der Waals surface area contributed by atoms with Crippen LogP contribution in [0.25, 0.3) is 6.08 Å². The van der Waals surface area contributed by atoms with E-state index in [1.165, 1.54) is 0 Å². The number of benzene rings is 1. The lowest BCUT2D eigenvalue weighted by Crippen LogP contribution is -2.36. The van der Waals surface area contributed by atoms with Crippen LogP contribution in [0.2, 0.25) is 0 Å². The molecule has 0 fully saturated rings. The topological polar surface area (TPSA) is 47.6 Å². The van der Waals surface area contributed by atoms with Gasteiger partial charge in [-0.1, -0.05) is 18.2 Å². The van der Waals surface area contributed by atoms with Gasteiger partial charge in [0, 0.05) is 12.3 Å². The van der Waals surface area contributed by atoms with Crippen LogP contribution in [0.1, 0.15) is 0 Å². The van der Waals surface area contributed by atoms with Crippen molar-refractivity contribution < 1.29 is 4.74 Å². The van der Waals surface area contributed by atoms with Crippen molar-refractivity contribution in [3.63, 3.8) is 0 Å². The summed E-state index contributed by atoms with van der Waals surface area (Å²) < 4.78 is 5.04. The average molecular weight is 162 g/mol. The third-order valence-electron chi connectivity index (χ3n) is 1.92. The van der Waals surface area contributed by atoms with E-state index in [2.05, 4.69) is 4.99 Å². The predicted molar refractivity (Wildman–Crippen MR) is 45.6 cm³/mol. The molecule has 2 rings (SSSR count). The quantitative estimate of drug-likeness (QED) is 0.558. The molecule has 1 aliphatic rings. The number of para-hydroxylation sites is 1. The van der Waals surface area contributed by atoms with Crippen molar-refractivity contribution >= 4 is 6.08 Å². The SMILES string of the molecule is COC1(N)C=c2ccccc2=N1. The molecule has 62 valence electrons. The first-order valence-electron chi connectivity index (χ1n) is 3.75. The van der Waals surface area contributed by atoms with Crippen LogP contribution in [-0.4, -0.2) is 13.0 Å². The molecule has 2 N–H and O–H groups in total. The van der Waals surface area contributed by atoms with Crippen molar-refractivity contribution in [3.05, 3.63) is 34.8 Å². The van der Waals surface area contributed by atoms with E-state index < -0.39 is 5.85 Å². The summed E-state index contributed by atoms with van der Waals surface area (Å²) in [7, 11) is 1.55. The molecule has 0 spiro atoms. The second kappa shape index (κ2) is 2.40. The maximum atomic E-state index is 5.76. The van der Waals surface area contributed by atoms with Gasteiger partial charge in [-0.2, -0.15) is 0 Å². The van der Waals surface area contributed by atoms with Crippen molar-refractivity contribution in [2.75, 3.05) is 7.11 Å². The Bertz CT molecular complexity index is 376. The lowest BCUT2D eigenvalue weighted by molar-refractivity contribution is 0.0594. The van der Waals surface area contributed by atoms with Gasteiger partial charge in [0.2, 0.25) is 5.85 Å². The predicted octanol–water partition coefficient (Wildman–Crippen LogP) is -0.641. The number of hydrogen-bond acceptors (Lipinski definition) is 3. The highest BCUT2D eigenvalue weighted by Gasteiger charge is 2.22. The van der Waals surface area contributed by atoms with Gasteiger partial charge in [0.25, 0.3) is 0 Å². The Morgan fingerprint density at radius 1 is 1.42 bits per heavy atom. The van der Waals surface area contributed by atoms with Crippen molar-refractivity contribution in [3.8, 4) is 0 Å². The molecule has 0 radical (unpaired) electrons. The van der Waals surface area contributed by atoms with Crippen LogP contribution in [0.3, 0.4) is 0 Å². The van der Waals surface area contributed by atoms with E-state index in [1.807, 2.05) is 30.3 Å². The Balaban J connectivity index is 2.68. The van der Waals surface area contributed by atoms with Crippen LogP contribution in [0.15, 0.2) is 29.3 Å². The molecule has 0 saturated heterocycles. The zero-order valence-corrected chi connectivity index (χ0v) is 6.82. The first-order valence-corrected chi connectivity index (χ1v) is 3.75. The molecule has 0 aliphatic carbocycles. The molecule has 0 aromatic heterocycles. The van der Waals surface area contributed by atoms with Crippen LogP contribution in [0, 0.1) is 0 Å². The first-order chi connectivity index (χ1) is 5.73. The zero-order valence-electron chi connectivity index (χ0n) is 6.82. The van der Waals surface area contributed by atoms with Gasteiger partial charge >= 0.3 is 0 Å². The van der Waals surface area contributed by atoms with Gasteiger partial charge in [-0.15, -0.1) is 0 Å². The molecule has 12 heavy (non-hydrogen) atoms. The largest absolute Gasteiger partial charge is 0.341 e. The number of ether oxygens (including phenoxy) is 1. The molecule has 1 atom stereocenters. The molecule has 1 aliphatic heterocycles. The Hall–Kier alpha value is -1.19. The fraction of sp³-hybridized carbons (Fsp3) is 0.222. The van der Waals surface area contributed by atoms with E-state index in [0.29, 0.717) is 0 Å². The summed E-state index contributed by atoms with van der Waals surface area (Å²) in [4.78, 5) is 4.20. The molecular weight excluding hydrogens is 152 g/mol. The molecule has 0 bridgehead atoms. The van der Waals surface area contributed by atoms with Gasteiger partial charge < -0.3 is 4.74 Å². The van der Waals surface area contributed by atoms with Gasteiger partial charge in [0.05, 0.1) is 5.36 Å². The standard InChI is InChI=1S/C9H10N2O/c1-12-9(10)6-7-4-2-3-5-8(7)11-9/h2-6H,10H2,1H3. The maximum absolute atomic E-state index is 5.76. The van der Waals surface area contributed by atoms with Gasteiger partial charge in [-0.25, -0.2) is 4.99 Å². The van der Waals surface area contributed by atoms with Crippen molar-refractivity contribution in [1.29, 1.82) is 0 Å². The summed E-state index contributed by atoms with van der Waals surface area (Å²) >= 11 is 0. The van der Waals surface area contributed by atoms with E-state index in [4.69, 9.17) is 10.5 Å². The minimum absolute atomic E-state index is 0.891. The fourth-order valence-electron chi connectivity index (χ4n) is 1.26. The Kier molecular flexibility index (Phi) is 1.49. The smallest absolute Gasteiger partial charge is 0.234 e. The number of hydrogen-bond donors (Lipinski definition) is 1. The lowest BCUT2D eigenvalue weighted by Gasteiger charge is -2.14. The molecule has 3 nitrogen and oxygen atoms in total. The van der Waals surface area contributed by atoms with Crippen LogP contribution < -0.4 is 16.3 Å². The minimum atomic E-state index is -0.955. The minimum Gasteiger partial charge on any atom is -0.341 e. The maximum Gasteiger partial charge on any atom is 0.234 e. The monoisotopic (exact) mass is 162 g/mol. The lowest BCUT2D eigenvalue weighted by atomic mass is 10.3. The van der Waals surface area contributed by atoms with Crippen molar-refractivity contribution in [2.24, 2.45) is 10.7 Å². The highest BCUT2D eigenvalue weighted by Crippen LogP contribution is 2.06. The summed E-state index contributed by atoms with van der Waals surface area (Å²) in [6.07, 6.45) is 1.81. The normalized spacial score (nSPS) is 25.8. The van der Waals surface area contributed by atoms with E-state index in [1.54, 1.807) is 7.11 Å². The van der Waals surface area contributed by atoms with E-state index in [9.17, 15) is 0 Å². The summed E-state index contributed by atoms with van der Waals surface area (Å²) in [5.41, 5.74) is 5.76. The molecule has 1 aromatic carbocycles.